The van der Waals surface area contributed by atoms with Crippen LogP contribution in [0.15, 0.2) is 0 Å². The Kier molecular flexibility index (Phi) is 2.06. The van der Waals surface area contributed by atoms with Crippen molar-refractivity contribution in [1.82, 2.24) is 5.32 Å². The largest absolute Gasteiger partial charge is 0.435 e. The number of alkyl carbamates (subject to hydrolysis) is 1. The molecule has 1 saturated heterocycles. The van der Waals surface area contributed by atoms with Crippen LogP contribution in [0.1, 0.15) is 13.8 Å². The molecule has 5 heteroatoms. The third kappa shape index (κ3) is 1.40. The summed E-state index contributed by atoms with van der Waals surface area (Å²) in [6.45, 7) is 3.09. The lowest BCUT2D eigenvalue weighted by molar-refractivity contribution is -0.129. The van der Waals surface area contributed by atoms with Crippen LogP contribution in [0.3, 0.4) is 0 Å². The van der Waals surface area contributed by atoms with Gasteiger partial charge in [0.05, 0.1) is 6.61 Å². The highest BCUT2D eigenvalue weighted by Gasteiger charge is 2.43. The second-order valence-electron chi connectivity index (χ2n) is 3.42. The summed E-state index contributed by atoms with van der Waals surface area (Å²) in [4.78, 5) is 21.6. The van der Waals surface area contributed by atoms with Crippen LogP contribution >= 0.6 is 0 Å². The lowest BCUT2D eigenvalue weighted by atomic mass is 9.87. The van der Waals surface area contributed by atoms with Gasteiger partial charge in [-0.1, -0.05) is 13.8 Å². The van der Waals surface area contributed by atoms with Crippen molar-refractivity contribution < 1.29 is 19.4 Å². The van der Waals surface area contributed by atoms with Crippen molar-refractivity contribution in [2.24, 2.45) is 5.41 Å². The van der Waals surface area contributed by atoms with E-state index in [1.165, 1.54) is 0 Å². The molecule has 2 amide bonds. The van der Waals surface area contributed by atoms with Crippen molar-refractivity contribution in [3.8, 4) is 0 Å². The average molecular weight is 173 g/mol. The topological polar surface area (TPSA) is 75.6 Å². The van der Waals surface area contributed by atoms with Gasteiger partial charge in [0.15, 0.2) is 6.10 Å². The highest BCUT2D eigenvalue weighted by molar-refractivity contribution is 6.00. The highest BCUT2D eigenvalue weighted by Crippen LogP contribution is 2.25. The number of carbonyl (C=O) groups excluding carboxylic acids is 2. The Hall–Kier alpha value is -1.10. The number of rotatable bonds is 2. The minimum atomic E-state index is -0.880. The smallest absolute Gasteiger partial charge is 0.414 e. The molecule has 0 aromatic heterocycles. The summed E-state index contributed by atoms with van der Waals surface area (Å²) in [5.41, 5.74) is -0.726. The maximum Gasteiger partial charge on any atom is 0.414 e. The molecular formula is C7H11NO4. The Morgan fingerprint density at radius 3 is 2.50 bits per heavy atom. The Morgan fingerprint density at radius 2 is 2.17 bits per heavy atom. The van der Waals surface area contributed by atoms with Gasteiger partial charge in [0.25, 0.3) is 5.91 Å². The summed E-state index contributed by atoms with van der Waals surface area (Å²) in [5, 5.41) is 10.9. The summed E-state index contributed by atoms with van der Waals surface area (Å²) in [6.07, 6.45) is -1.62. The number of imide groups is 1. The first kappa shape index (κ1) is 8.99. The molecule has 1 aliphatic rings. The Balaban J connectivity index is 2.76. The average Bonchev–Trinajstić information content (AvgIpc) is 2.31. The third-order valence-electron chi connectivity index (χ3n) is 1.81. The zero-order valence-corrected chi connectivity index (χ0v) is 6.96. The van der Waals surface area contributed by atoms with Crippen LogP contribution in [-0.4, -0.2) is 29.8 Å². The number of aliphatic hydroxyl groups excluding tert-OH is 1. The highest BCUT2D eigenvalue weighted by atomic mass is 16.6. The zero-order chi connectivity index (χ0) is 9.35. The first-order chi connectivity index (χ1) is 5.47. The second-order valence-corrected chi connectivity index (χ2v) is 3.42. The van der Waals surface area contributed by atoms with Gasteiger partial charge in [-0.05, 0) is 0 Å². The number of ether oxygens (including phenoxy) is 1. The number of cyclic esters (lactones) is 1. The first-order valence-electron chi connectivity index (χ1n) is 3.60. The molecule has 2 N–H and O–H groups in total. The van der Waals surface area contributed by atoms with Crippen LogP contribution in [0.25, 0.3) is 0 Å². The van der Waals surface area contributed by atoms with Gasteiger partial charge in [0.1, 0.15) is 0 Å². The van der Waals surface area contributed by atoms with E-state index in [2.05, 4.69) is 4.74 Å². The number of hydrogen-bond donors (Lipinski definition) is 2. The predicted octanol–water partition coefficient (Wildman–Crippen LogP) is -0.360. The van der Waals surface area contributed by atoms with Crippen LogP contribution in [0, 0.1) is 5.41 Å². The summed E-state index contributed by atoms with van der Waals surface area (Å²) in [5.74, 6) is -0.487. The lowest BCUT2D eigenvalue weighted by Crippen LogP contribution is -2.39. The molecular weight excluding hydrogens is 162 g/mol. The van der Waals surface area contributed by atoms with Gasteiger partial charge in [-0.3, -0.25) is 10.1 Å². The Morgan fingerprint density at radius 1 is 1.58 bits per heavy atom. The van der Waals surface area contributed by atoms with E-state index in [0.717, 1.165) is 0 Å². The lowest BCUT2D eigenvalue weighted by Gasteiger charge is -2.24. The fraction of sp³-hybridized carbons (Fsp3) is 0.714. The van der Waals surface area contributed by atoms with E-state index in [9.17, 15) is 9.59 Å². The molecule has 1 unspecified atom stereocenters. The van der Waals surface area contributed by atoms with Gasteiger partial charge < -0.3 is 9.84 Å². The maximum absolute atomic E-state index is 11.0. The molecule has 0 saturated carbocycles. The molecule has 1 heterocycles. The quantitative estimate of drug-likeness (QED) is 0.598. The number of nitrogens with one attached hydrogen (secondary N) is 1. The molecule has 12 heavy (non-hydrogen) atoms. The van der Waals surface area contributed by atoms with Crippen molar-refractivity contribution in [1.29, 1.82) is 0 Å². The van der Waals surface area contributed by atoms with Gasteiger partial charge in [0.2, 0.25) is 0 Å². The van der Waals surface area contributed by atoms with Gasteiger partial charge in [-0.15, -0.1) is 0 Å². The summed E-state index contributed by atoms with van der Waals surface area (Å²) >= 11 is 0. The molecule has 1 rings (SSSR count). The van der Waals surface area contributed by atoms with E-state index < -0.39 is 23.5 Å². The van der Waals surface area contributed by atoms with Crippen LogP contribution in [0.5, 0.6) is 0 Å². The van der Waals surface area contributed by atoms with Crippen LogP contribution in [0.4, 0.5) is 4.79 Å². The monoisotopic (exact) mass is 173 g/mol. The van der Waals surface area contributed by atoms with Crippen molar-refractivity contribution in [2.45, 2.75) is 20.0 Å². The van der Waals surface area contributed by atoms with Crippen LogP contribution in [0.2, 0.25) is 0 Å². The Bertz CT molecular complexity index is 223. The van der Waals surface area contributed by atoms with E-state index in [4.69, 9.17) is 5.11 Å². The molecule has 0 spiro atoms. The van der Waals surface area contributed by atoms with E-state index in [1.807, 2.05) is 5.32 Å². The molecule has 0 aromatic rings. The van der Waals surface area contributed by atoms with E-state index in [-0.39, 0.29) is 6.61 Å². The molecule has 0 aromatic carbocycles. The van der Waals surface area contributed by atoms with Crippen LogP contribution < -0.4 is 5.32 Å². The molecule has 5 nitrogen and oxygen atoms in total. The Labute approximate surface area is 69.7 Å². The van der Waals surface area contributed by atoms with Gasteiger partial charge >= 0.3 is 6.09 Å². The van der Waals surface area contributed by atoms with Gasteiger partial charge in [0, 0.05) is 5.41 Å². The molecule has 0 radical (unpaired) electrons. The number of hydrogen-bond acceptors (Lipinski definition) is 4. The maximum atomic E-state index is 11.0. The van der Waals surface area contributed by atoms with Crippen molar-refractivity contribution in [3.63, 3.8) is 0 Å². The zero-order valence-electron chi connectivity index (χ0n) is 6.96. The van der Waals surface area contributed by atoms with Crippen molar-refractivity contribution in [2.75, 3.05) is 6.61 Å². The standard InChI is InChI=1S/C7H11NO4/c1-7(2,3-9)4-5(10)8-6(11)12-4/h4,9H,3H2,1-2H3,(H,8,10,11). The second kappa shape index (κ2) is 2.75. The first-order valence-corrected chi connectivity index (χ1v) is 3.60. The third-order valence-corrected chi connectivity index (χ3v) is 1.81. The number of aliphatic hydroxyl groups is 1. The number of carbonyl (C=O) groups is 2. The van der Waals surface area contributed by atoms with Gasteiger partial charge in [-0.25, -0.2) is 4.79 Å². The summed E-state index contributed by atoms with van der Waals surface area (Å²) < 4.78 is 4.67. The normalized spacial score (nSPS) is 23.8. The minimum absolute atomic E-state index is 0.210. The van der Waals surface area contributed by atoms with Crippen molar-refractivity contribution >= 4 is 12.0 Å². The van der Waals surface area contributed by atoms with Crippen molar-refractivity contribution in [3.05, 3.63) is 0 Å². The fourth-order valence-corrected chi connectivity index (χ4v) is 0.953. The van der Waals surface area contributed by atoms with Crippen LogP contribution in [-0.2, 0) is 9.53 Å². The molecule has 1 aliphatic heterocycles. The SMILES string of the molecule is CC(C)(CO)C1OC(=O)NC1=O. The predicted molar refractivity (Wildman–Crippen MR) is 39.3 cm³/mol. The fourth-order valence-electron chi connectivity index (χ4n) is 0.953. The van der Waals surface area contributed by atoms with Gasteiger partial charge in [-0.2, -0.15) is 0 Å². The van der Waals surface area contributed by atoms with E-state index in [1.54, 1.807) is 13.8 Å². The summed E-state index contributed by atoms with van der Waals surface area (Å²) in [7, 11) is 0. The molecule has 1 fully saturated rings. The number of amides is 2. The van der Waals surface area contributed by atoms with E-state index >= 15 is 0 Å². The molecule has 0 aliphatic carbocycles. The summed E-state index contributed by atoms with van der Waals surface area (Å²) in [6, 6.07) is 0. The minimum Gasteiger partial charge on any atom is -0.435 e. The molecule has 68 valence electrons. The van der Waals surface area contributed by atoms with E-state index in [0.29, 0.717) is 0 Å². The molecule has 1 atom stereocenters. The molecule has 0 bridgehead atoms.